The van der Waals surface area contributed by atoms with Crippen LogP contribution in [0.25, 0.3) is 0 Å². The van der Waals surface area contributed by atoms with Crippen molar-refractivity contribution in [3.05, 3.63) is 53.4 Å². The van der Waals surface area contributed by atoms with E-state index in [0.717, 1.165) is 5.56 Å². The van der Waals surface area contributed by atoms with Gasteiger partial charge in [0.05, 0.1) is 11.6 Å². The first-order chi connectivity index (χ1) is 10.6. The van der Waals surface area contributed by atoms with E-state index in [9.17, 15) is 9.90 Å². The Morgan fingerprint density at radius 3 is 2.78 bits per heavy atom. The number of piperidine rings is 1. The molecule has 1 fully saturated rings. The summed E-state index contributed by atoms with van der Waals surface area (Å²) in [7, 11) is 0. The minimum absolute atomic E-state index is 0. The zero-order valence-corrected chi connectivity index (χ0v) is 13.6. The molecule has 124 valence electrons. The van der Waals surface area contributed by atoms with E-state index in [4.69, 9.17) is 4.52 Å². The Bertz CT molecular complexity index is 662. The zero-order valence-electron chi connectivity index (χ0n) is 12.8. The number of β-amino-alcohol motifs (C(OH)–C–C–N with tert-alkyl or cyclic N) is 1. The van der Waals surface area contributed by atoms with Crippen molar-refractivity contribution in [3.63, 3.8) is 0 Å². The molecule has 2 atom stereocenters. The molecule has 1 aromatic carbocycles. The number of rotatable bonds is 3. The van der Waals surface area contributed by atoms with Crippen molar-refractivity contribution >= 4 is 18.3 Å². The molecule has 7 heteroatoms. The molecular weight excluding hydrogens is 318 g/mol. The number of hydrogen-bond donors (Lipinski definition) is 3. The van der Waals surface area contributed by atoms with Crippen LogP contribution in [0.15, 0.2) is 40.9 Å². The Balaban J connectivity index is 0.00000192. The van der Waals surface area contributed by atoms with Crippen LogP contribution in [-0.4, -0.2) is 35.4 Å². The number of aliphatic hydroxyl groups excluding tert-OH is 1. The van der Waals surface area contributed by atoms with E-state index in [0.29, 0.717) is 25.3 Å². The number of halogens is 1. The first kappa shape index (κ1) is 17.5. The van der Waals surface area contributed by atoms with Gasteiger partial charge in [0.1, 0.15) is 5.76 Å². The number of aliphatic hydroxyl groups is 1. The monoisotopic (exact) mass is 337 g/mol. The van der Waals surface area contributed by atoms with Crippen molar-refractivity contribution in [1.82, 2.24) is 15.8 Å². The van der Waals surface area contributed by atoms with Crippen molar-refractivity contribution in [3.8, 4) is 0 Å². The summed E-state index contributed by atoms with van der Waals surface area (Å²) in [6, 6.07) is 11.1. The highest BCUT2D eigenvalue weighted by atomic mass is 35.5. The first-order valence-corrected chi connectivity index (χ1v) is 7.32. The van der Waals surface area contributed by atoms with Gasteiger partial charge in [-0.05, 0) is 25.5 Å². The van der Waals surface area contributed by atoms with Gasteiger partial charge in [-0.25, -0.2) is 0 Å². The van der Waals surface area contributed by atoms with Gasteiger partial charge in [-0.1, -0.05) is 35.5 Å². The Hall–Kier alpha value is -1.89. The van der Waals surface area contributed by atoms with Crippen LogP contribution in [0.2, 0.25) is 0 Å². The summed E-state index contributed by atoms with van der Waals surface area (Å²) in [6.45, 7) is 2.87. The average Bonchev–Trinajstić information content (AvgIpc) is 2.97. The second-order valence-corrected chi connectivity index (χ2v) is 5.58. The third kappa shape index (κ3) is 3.39. The second kappa shape index (κ2) is 7.12. The van der Waals surface area contributed by atoms with Gasteiger partial charge in [-0.3, -0.25) is 4.79 Å². The van der Waals surface area contributed by atoms with Crippen molar-refractivity contribution in [2.24, 2.45) is 0 Å². The van der Waals surface area contributed by atoms with Crippen LogP contribution in [0.4, 0.5) is 0 Å². The number of nitrogens with one attached hydrogen (secondary N) is 2. The number of carbonyl (C=O) groups excluding carboxylic acids is 1. The van der Waals surface area contributed by atoms with E-state index in [1.807, 2.05) is 30.3 Å². The van der Waals surface area contributed by atoms with E-state index in [-0.39, 0.29) is 24.0 Å². The molecule has 2 heterocycles. The number of carbonyl (C=O) groups is 1. The quantitative estimate of drug-likeness (QED) is 0.787. The molecule has 1 aromatic heterocycles. The Morgan fingerprint density at radius 1 is 1.43 bits per heavy atom. The number of amides is 1. The van der Waals surface area contributed by atoms with E-state index >= 15 is 0 Å². The Kier molecular flexibility index (Phi) is 5.41. The fourth-order valence-corrected chi connectivity index (χ4v) is 2.90. The molecule has 2 aromatic rings. The maximum Gasteiger partial charge on any atom is 0.274 e. The zero-order chi connectivity index (χ0) is 15.6. The van der Waals surface area contributed by atoms with Crippen molar-refractivity contribution in [1.29, 1.82) is 0 Å². The molecule has 0 saturated carbocycles. The lowest BCUT2D eigenvalue weighted by Gasteiger charge is -2.42. The number of aryl methyl sites for hydroxylation is 1. The average molecular weight is 338 g/mol. The second-order valence-electron chi connectivity index (χ2n) is 5.58. The molecule has 3 rings (SSSR count). The van der Waals surface area contributed by atoms with Crippen LogP contribution >= 0.6 is 12.4 Å². The Labute approximate surface area is 140 Å². The molecule has 1 amide bonds. The van der Waals surface area contributed by atoms with Crippen LogP contribution in [0.5, 0.6) is 0 Å². The summed E-state index contributed by atoms with van der Waals surface area (Å²) >= 11 is 0. The van der Waals surface area contributed by atoms with Crippen LogP contribution in [0.1, 0.15) is 28.2 Å². The van der Waals surface area contributed by atoms with Crippen LogP contribution in [-0.2, 0) is 5.54 Å². The summed E-state index contributed by atoms with van der Waals surface area (Å²) in [4.78, 5) is 12.5. The molecule has 1 aliphatic heterocycles. The standard InChI is InChI=1S/C16H19N3O3.ClH/c1-11-9-13(19-22-11)15(21)18-16(7-8-17-10-14(16)20)12-5-3-2-4-6-12;/h2-6,9,14,17,20H,7-8,10H2,1H3,(H,18,21);1H/t14-,16+;/m1./s1. The largest absolute Gasteiger partial charge is 0.389 e. The van der Waals surface area contributed by atoms with Gasteiger partial charge in [-0.2, -0.15) is 0 Å². The summed E-state index contributed by atoms with van der Waals surface area (Å²) in [6.07, 6.45) is -0.124. The third-order valence-corrected chi connectivity index (χ3v) is 4.09. The van der Waals surface area contributed by atoms with E-state index < -0.39 is 11.6 Å². The topological polar surface area (TPSA) is 87.4 Å². The summed E-state index contributed by atoms with van der Waals surface area (Å²) in [5.74, 6) is 0.228. The molecule has 1 saturated heterocycles. The summed E-state index contributed by atoms with van der Waals surface area (Å²) < 4.78 is 4.95. The maximum atomic E-state index is 12.5. The maximum absolute atomic E-state index is 12.5. The fraction of sp³-hybridized carbons (Fsp3) is 0.375. The molecule has 0 unspecified atom stereocenters. The number of benzene rings is 1. The minimum Gasteiger partial charge on any atom is -0.389 e. The van der Waals surface area contributed by atoms with Crippen molar-refractivity contribution in [2.75, 3.05) is 13.1 Å². The highest BCUT2D eigenvalue weighted by molar-refractivity contribution is 5.93. The molecule has 0 radical (unpaired) electrons. The number of hydrogen-bond acceptors (Lipinski definition) is 5. The lowest BCUT2D eigenvalue weighted by Crippen LogP contribution is -2.61. The van der Waals surface area contributed by atoms with Gasteiger partial charge in [0.2, 0.25) is 0 Å². The highest BCUT2D eigenvalue weighted by Crippen LogP contribution is 2.31. The van der Waals surface area contributed by atoms with Gasteiger partial charge < -0.3 is 20.3 Å². The highest BCUT2D eigenvalue weighted by Gasteiger charge is 2.43. The smallest absolute Gasteiger partial charge is 0.274 e. The van der Waals surface area contributed by atoms with E-state index in [2.05, 4.69) is 15.8 Å². The number of aromatic nitrogens is 1. The van der Waals surface area contributed by atoms with Gasteiger partial charge in [0.15, 0.2) is 5.69 Å². The van der Waals surface area contributed by atoms with Gasteiger partial charge in [-0.15, -0.1) is 12.4 Å². The summed E-state index contributed by atoms with van der Waals surface area (Å²) in [5.41, 5.74) is 0.285. The molecule has 6 nitrogen and oxygen atoms in total. The predicted molar refractivity (Wildman–Crippen MR) is 87.6 cm³/mol. The molecule has 0 spiro atoms. The minimum atomic E-state index is -0.823. The van der Waals surface area contributed by atoms with Crippen LogP contribution in [0.3, 0.4) is 0 Å². The van der Waals surface area contributed by atoms with Crippen molar-refractivity contribution < 1.29 is 14.4 Å². The normalized spacial score (nSPS) is 23.8. The lowest BCUT2D eigenvalue weighted by molar-refractivity contribution is 0.0286. The molecular formula is C16H20ClN3O3. The molecule has 23 heavy (non-hydrogen) atoms. The molecule has 1 aliphatic rings. The molecule has 3 N–H and O–H groups in total. The molecule has 0 aliphatic carbocycles. The Morgan fingerprint density at radius 2 is 2.17 bits per heavy atom. The fourth-order valence-electron chi connectivity index (χ4n) is 2.90. The molecule has 0 bridgehead atoms. The van der Waals surface area contributed by atoms with Gasteiger partial charge in [0, 0.05) is 12.6 Å². The SMILES string of the molecule is Cc1cc(C(=O)N[C@]2(c3ccccc3)CCNC[C@H]2O)no1.Cl. The van der Waals surface area contributed by atoms with Gasteiger partial charge >= 0.3 is 0 Å². The first-order valence-electron chi connectivity index (χ1n) is 7.32. The third-order valence-electron chi connectivity index (χ3n) is 4.09. The van der Waals surface area contributed by atoms with Crippen LogP contribution in [0, 0.1) is 6.92 Å². The van der Waals surface area contributed by atoms with Gasteiger partial charge in [0.25, 0.3) is 5.91 Å². The van der Waals surface area contributed by atoms with Crippen LogP contribution < -0.4 is 10.6 Å². The van der Waals surface area contributed by atoms with Crippen molar-refractivity contribution in [2.45, 2.75) is 25.0 Å². The lowest BCUT2D eigenvalue weighted by atomic mass is 9.79. The predicted octanol–water partition coefficient (Wildman–Crippen LogP) is 1.38. The van der Waals surface area contributed by atoms with E-state index in [1.165, 1.54) is 0 Å². The number of nitrogens with zero attached hydrogens (tertiary/aromatic N) is 1. The summed E-state index contributed by atoms with van der Waals surface area (Å²) in [5, 5.41) is 20.4. The van der Waals surface area contributed by atoms with E-state index in [1.54, 1.807) is 13.0 Å².